The van der Waals surface area contributed by atoms with E-state index in [0.29, 0.717) is 35.8 Å². The van der Waals surface area contributed by atoms with Crippen molar-refractivity contribution in [3.8, 4) is 0 Å². The highest BCUT2D eigenvalue weighted by atomic mass is 16.2. The monoisotopic (exact) mass is 371 g/mol. The van der Waals surface area contributed by atoms with Gasteiger partial charge in [-0.05, 0) is 36.2 Å². The van der Waals surface area contributed by atoms with Crippen molar-refractivity contribution in [1.82, 2.24) is 9.88 Å². The maximum absolute atomic E-state index is 13.1. The highest BCUT2D eigenvalue weighted by molar-refractivity contribution is 6.09. The number of para-hydroxylation sites is 1. The van der Waals surface area contributed by atoms with Crippen LogP contribution < -0.4 is 5.32 Å². The number of carbonyl (C=O) groups is 2. The Balaban J connectivity index is 1.50. The topological polar surface area (TPSA) is 62.3 Å². The summed E-state index contributed by atoms with van der Waals surface area (Å²) >= 11 is 0. The number of aromatic nitrogens is 1. The van der Waals surface area contributed by atoms with Crippen molar-refractivity contribution in [2.75, 3.05) is 18.4 Å². The van der Waals surface area contributed by atoms with E-state index in [4.69, 9.17) is 0 Å². The number of nitrogens with one attached hydrogen (secondary N) is 1. The molecule has 0 saturated carbocycles. The van der Waals surface area contributed by atoms with Gasteiger partial charge >= 0.3 is 0 Å². The van der Waals surface area contributed by atoms with Crippen LogP contribution >= 0.6 is 0 Å². The van der Waals surface area contributed by atoms with Crippen LogP contribution in [-0.4, -0.2) is 34.8 Å². The third-order valence-electron chi connectivity index (χ3n) is 5.09. The summed E-state index contributed by atoms with van der Waals surface area (Å²) in [5.41, 5.74) is 2.80. The zero-order valence-corrected chi connectivity index (χ0v) is 15.4. The highest BCUT2D eigenvalue weighted by Crippen LogP contribution is 2.29. The molecule has 1 aliphatic rings. The Labute approximate surface area is 164 Å². The van der Waals surface area contributed by atoms with Crippen LogP contribution in [0.25, 0.3) is 0 Å². The van der Waals surface area contributed by atoms with Gasteiger partial charge in [0.2, 0.25) is 0 Å². The fraction of sp³-hybridized carbons (Fsp3) is 0.174. The number of nitrogens with zero attached hydrogens (tertiary/aromatic N) is 2. The molecule has 4 rings (SSSR count). The van der Waals surface area contributed by atoms with Gasteiger partial charge in [0, 0.05) is 37.0 Å². The number of pyridine rings is 1. The number of likely N-dealkylation sites (tertiary alicyclic amines) is 1. The van der Waals surface area contributed by atoms with Gasteiger partial charge in [0.25, 0.3) is 11.8 Å². The first-order valence-electron chi connectivity index (χ1n) is 9.37. The summed E-state index contributed by atoms with van der Waals surface area (Å²) in [7, 11) is 0. The van der Waals surface area contributed by atoms with Crippen LogP contribution in [0.2, 0.25) is 0 Å². The molecule has 28 heavy (non-hydrogen) atoms. The number of rotatable bonds is 4. The highest BCUT2D eigenvalue weighted by Gasteiger charge is 2.29. The SMILES string of the molecule is O=C(Nc1ccccc1C(=O)N1CCC(c2ccccc2)C1)c1ccncc1. The average Bonchev–Trinajstić information content (AvgIpc) is 3.25. The van der Waals surface area contributed by atoms with Crippen molar-refractivity contribution in [3.05, 3.63) is 95.8 Å². The molecule has 1 atom stereocenters. The van der Waals surface area contributed by atoms with Gasteiger partial charge in [0.05, 0.1) is 11.3 Å². The molecule has 1 saturated heterocycles. The van der Waals surface area contributed by atoms with Crippen molar-refractivity contribution < 1.29 is 9.59 Å². The van der Waals surface area contributed by atoms with Crippen molar-refractivity contribution in [2.45, 2.75) is 12.3 Å². The van der Waals surface area contributed by atoms with E-state index in [1.807, 2.05) is 35.2 Å². The second-order valence-corrected chi connectivity index (χ2v) is 6.88. The Kier molecular flexibility index (Phi) is 5.15. The molecule has 0 bridgehead atoms. The average molecular weight is 371 g/mol. The van der Waals surface area contributed by atoms with Crippen LogP contribution in [0.3, 0.4) is 0 Å². The molecule has 1 N–H and O–H groups in total. The molecule has 0 radical (unpaired) electrons. The summed E-state index contributed by atoms with van der Waals surface area (Å²) in [6, 6.07) is 20.7. The second kappa shape index (κ2) is 8.05. The number of benzene rings is 2. The molecule has 0 aliphatic carbocycles. The largest absolute Gasteiger partial charge is 0.338 e. The molecule has 3 aromatic rings. The summed E-state index contributed by atoms with van der Waals surface area (Å²) in [5.74, 6) is 0.0408. The summed E-state index contributed by atoms with van der Waals surface area (Å²) in [5, 5.41) is 2.86. The molecule has 1 aromatic heterocycles. The number of anilines is 1. The van der Waals surface area contributed by atoms with E-state index in [2.05, 4.69) is 22.4 Å². The van der Waals surface area contributed by atoms with Gasteiger partial charge in [0.1, 0.15) is 0 Å². The molecule has 5 nitrogen and oxygen atoms in total. The lowest BCUT2D eigenvalue weighted by Gasteiger charge is -2.19. The minimum absolute atomic E-state index is 0.0518. The lowest BCUT2D eigenvalue weighted by Crippen LogP contribution is -2.29. The fourth-order valence-electron chi connectivity index (χ4n) is 3.59. The van der Waals surface area contributed by atoms with Crippen molar-refractivity contribution in [3.63, 3.8) is 0 Å². The minimum Gasteiger partial charge on any atom is -0.338 e. The molecule has 1 fully saturated rings. The van der Waals surface area contributed by atoms with Crippen LogP contribution in [0.5, 0.6) is 0 Å². The molecule has 5 heteroatoms. The standard InChI is InChI=1S/C23H21N3O2/c27-22(18-10-13-24-14-11-18)25-21-9-5-4-8-20(21)23(28)26-15-12-19(16-26)17-6-2-1-3-7-17/h1-11,13-14,19H,12,15-16H2,(H,25,27). The van der Waals surface area contributed by atoms with E-state index >= 15 is 0 Å². The van der Waals surface area contributed by atoms with Gasteiger partial charge in [0.15, 0.2) is 0 Å². The normalized spacial score (nSPS) is 16.0. The van der Waals surface area contributed by atoms with Gasteiger partial charge in [-0.25, -0.2) is 0 Å². The number of carbonyl (C=O) groups excluding carboxylic acids is 2. The van der Waals surface area contributed by atoms with Crippen molar-refractivity contribution in [2.24, 2.45) is 0 Å². The van der Waals surface area contributed by atoms with E-state index < -0.39 is 0 Å². The summed E-state index contributed by atoms with van der Waals surface area (Å²) in [4.78, 5) is 31.4. The minimum atomic E-state index is -0.258. The quantitative estimate of drug-likeness (QED) is 0.755. The van der Waals surface area contributed by atoms with Crippen LogP contribution in [0.15, 0.2) is 79.1 Å². The van der Waals surface area contributed by atoms with Gasteiger partial charge in [-0.15, -0.1) is 0 Å². The molecule has 0 spiro atoms. The van der Waals surface area contributed by atoms with Crippen molar-refractivity contribution in [1.29, 1.82) is 0 Å². The van der Waals surface area contributed by atoms with Crippen molar-refractivity contribution >= 4 is 17.5 Å². The molecular formula is C23H21N3O2. The Morgan fingerprint density at radius 3 is 2.43 bits per heavy atom. The maximum Gasteiger partial charge on any atom is 0.255 e. The van der Waals surface area contributed by atoms with E-state index in [-0.39, 0.29) is 11.8 Å². The first kappa shape index (κ1) is 17.9. The van der Waals surface area contributed by atoms with Crippen LogP contribution in [0, 0.1) is 0 Å². The van der Waals surface area contributed by atoms with Crippen LogP contribution in [-0.2, 0) is 0 Å². The Morgan fingerprint density at radius 2 is 1.64 bits per heavy atom. The molecule has 1 aliphatic heterocycles. The van der Waals surface area contributed by atoms with Gasteiger partial charge in [-0.2, -0.15) is 0 Å². The zero-order chi connectivity index (χ0) is 19.3. The van der Waals surface area contributed by atoms with Crippen LogP contribution in [0.1, 0.15) is 38.6 Å². The molecule has 2 amide bonds. The van der Waals surface area contributed by atoms with Crippen LogP contribution in [0.4, 0.5) is 5.69 Å². The summed E-state index contributed by atoms with van der Waals surface area (Å²) < 4.78 is 0. The first-order valence-corrected chi connectivity index (χ1v) is 9.37. The summed E-state index contributed by atoms with van der Waals surface area (Å²) in [6.45, 7) is 1.40. The van der Waals surface area contributed by atoms with E-state index in [9.17, 15) is 9.59 Å². The molecule has 1 unspecified atom stereocenters. The first-order chi connectivity index (χ1) is 13.7. The maximum atomic E-state index is 13.1. The van der Waals surface area contributed by atoms with Gasteiger partial charge in [-0.1, -0.05) is 42.5 Å². The van der Waals surface area contributed by atoms with E-state index in [0.717, 1.165) is 6.42 Å². The predicted octanol–water partition coefficient (Wildman–Crippen LogP) is 3.96. The second-order valence-electron chi connectivity index (χ2n) is 6.88. The fourth-order valence-corrected chi connectivity index (χ4v) is 3.59. The van der Waals surface area contributed by atoms with Gasteiger partial charge in [-0.3, -0.25) is 14.6 Å². The third-order valence-corrected chi connectivity index (χ3v) is 5.09. The molecule has 140 valence electrons. The predicted molar refractivity (Wildman–Crippen MR) is 108 cm³/mol. The number of amides is 2. The lowest BCUT2D eigenvalue weighted by atomic mass is 9.99. The van der Waals surface area contributed by atoms with Gasteiger partial charge < -0.3 is 10.2 Å². The number of hydrogen-bond acceptors (Lipinski definition) is 3. The smallest absolute Gasteiger partial charge is 0.255 e. The third kappa shape index (κ3) is 3.78. The number of hydrogen-bond donors (Lipinski definition) is 1. The molecule has 2 heterocycles. The lowest BCUT2D eigenvalue weighted by molar-refractivity contribution is 0.0792. The Bertz CT molecular complexity index is 973. The molecule has 2 aromatic carbocycles. The zero-order valence-electron chi connectivity index (χ0n) is 15.4. The summed E-state index contributed by atoms with van der Waals surface area (Å²) in [6.07, 6.45) is 4.08. The molecular weight excluding hydrogens is 350 g/mol. The van der Waals surface area contributed by atoms with E-state index in [1.54, 1.807) is 36.7 Å². The van der Waals surface area contributed by atoms with E-state index in [1.165, 1.54) is 5.56 Å². The Hall–Kier alpha value is -3.47. The Morgan fingerprint density at radius 1 is 0.929 bits per heavy atom.